The molecule has 0 spiro atoms. The minimum absolute atomic E-state index is 0.309. The highest BCUT2D eigenvalue weighted by molar-refractivity contribution is 5.26. The quantitative estimate of drug-likeness (QED) is 0.674. The molecule has 1 aromatic rings. The lowest BCUT2D eigenvalue weighted by molar-refractivity contribution is -0.121. The van der Waals surface area contributed by atoms with Crippen LogP contribution < -0.4 is 4.74 Å². The van der Waals surface area contributed by atoms with Gasteiger partial charge in [0.25, 0.3) is 0 Å². The Balaban J connectivity index is 2.41. The van der Waals surface area contributed by atoms with E-state index >= 15 is 0 Å². The van der Waals surface area contributed by atoms with Gasteiger partial charge in [0.1, 0.15) is 12.4 Å². The molecule has 1 rings (SSSR count). The van der Waals surface area contributed by atoms with Crippen molar-refractivity contribution in [3.05, 3.63) is 29.8 Å². The molecule has 0 atom stereocenters. The first-order valence-corrected chi connectivity index (χ1v) is 4.51. The molecular weight excluding hydrogens is 180 g/mol. The molecule has 0 aliphatic rings. The summed E-state index contributed by atoms with van der Waals surface area (Å²) < 4.78 is 15.5. The molecule has 3 heteroatoms. The van der Waals surface area contributed by atoms with Crippen LogP contribution in [0.3, 0.4) is 0 Å². The zero-order valence-corrected chi connectivity index (χ0v) is 8.82. The second kappa shape index (κ2) is 5.62. The molecule has 0 bridgehead atoms. The van der Waals surface area contributed by atoms with Crippen LogP contribution in [-0.4, -0.2) is 27.1 Å². The lowest BCUT2D eigenvalue weighted by Crippen LogP contribution is -2.21. The Morgan fingerprint density at radius 3 is 2.14 bits per heavy atom. The van der Waals surface area contributed by atoms with E-state index in [9.17, 15) is 0 Å². The fraction of sp³-hybridized carbons (Fsp3) is 0.455. The molecular formula is C11H16O3. The number of aryl methyl sites for hydroxylation is 1. The third-order valence-electron chi connectivity index (χ3n) is 1.93. The SMILES string of the molecule is COC(COc1ccc(C)cc1)OC. The first-order valence-electron chi connectivity index (χ1n) is 4.51. The molecule has 0 aromatic heterocycles. The van der Waals surface area contributed by atoms with Gasteiger partial charge in [-0.05, 0) is 19.1 Å². The van der Waals surface area contributed by atoms with Gasteiger partial charge < -0.3 is 14.2 Å². The summed E-state index contributed by atoms with van der Waals surface area (Å²) in [6.45, 7) is 2.44. The van der Waals surface area contributed by atoms with Gasteiger partial charge in [-0.1, -0.05) is 17.7 Å². The summed E-state index contributed by atoms with van der Waals surface area (Å²) in [6, 6.07) is 7.86. The van der Waals surface area contributed by atoms with Gasteiger partial charge in [0.2, 0.25) is 0 Å². The van der Waals surface area contributed by atoms with Crippen molar-refractivity contribution >= 4 is 0 Å². The predicted octanol–water partition coefficient (Wildman–Crippen LogP) is 1.99. The van der Waals surface area contributed by atoms with Gasteiger partial charge in [-0.3, -0.25) is 0 Å². The van der Waals surface area contributed by atoms with Gasteiger partial charge in [0, 0.05) is 14.2 Å². The first-order chi connectivity index (χ1) is 6.76. The Hall–Kier alpha value is -1.06. The van der Waals surface area contributed by atoms with Crippen molar-refractivity contribution in [2.24, 2.45) is 0 Å². The van der Waals surface area contributed by atoms with Crippen molar-refractivity contribution < 1.29 is 14.2 Å². The zero-order chi connectivity index (χ0) is 10.4. The molecule has 1 aromatic carbocycles. The number of ether oxygens (including phenoxy) is 3. The fourth-order valence-electron chi connectivity index (χ4n) is 1.03. The largest absolute Gasteiger partial charge is 0.488 e. The standard InChI is InChI=1S/C11H16O3/c1-9-4-6-10(7-5-9)14-8-11(12-2)13-3/h4-7,11H,8H2,1-3H3. The van der Waals surface area contributed by atoms with Crippen LogP contribution >= 0.6 is 0 Å². The van der Waals surface area contributed by atoms with Gasteiger partial charge in [0.05, 0.1) is 0 Å². The summed E-state index contributed by atoms with van der Waals surface area (Å²) in [6.07, 6.45) is -0.309. The van der Waals surface area contributed by atoms with Crippen LogP contribution in [0.1, 0.15) is 5.56 Å². The topological polar surface area (TPSA) is 27.7 Å². The van der Waals surface area contributed by atoms with Gasteiger partial charge in [-0.15, -0.1) is 0 Å². The van der Waals surface area contributed by atoms with Crippen LogP contribution in [0.4, 0.5) is 0 Å². The van der Waals surface area contributed by atoms with Crippen molar-refractivity contribution in [2.75, 3.05) is 20.8 Å². The van der Waals surface area contributed by atoms with Crippen LogP contribution in [-0.2, 0) is 9.47 Å². The van der Waals surface area contributed by atoms with Gasteiger partial charge in [-0.2, -0.15) is 0 Å². The fourth-order valence-corrected chi connectivity index (χ4v) is 1.03. The molecule has 0 fully saturated rings. The summed E-state index contributed by atoms with van der Waals surface area (Å²) in [7, 11) is 3.18. The van der Waals surface area contributed by atoms with Crippen LogP contribution in [0.25, 0.3) is 0 Å². The van der Waals surface area contributed by atoms with Crippen molar-refractivity contribution in [2.45, 2.75) is 13.2 Å². The summed E-state index contributed by atoms with van der Waals surface area (Å²) in [5, 5.41) is 0. The van der Waals surface area contributed by atoms with Crippen molar-refractivity contribution in [3.63, 3.8) is 0 Å². The van der Waals surface area contributed by atoms with Gasteiger partial charge in [0.15, 0.2) is 6.29 Å². The molecule has 0 N–H and O–H groups in total. The Kier molecular flexibility index (Phi) is 4.43. The summed E-state index contributed by atoms with van der Waals surface area (Å²) in [5.41, 5.74) is 1.22. The molecule has 0 saturated heterocycles. The maximum Gasteiger partial charge on any atom is 0.191 e. The van der Waals surface area contributed by atoms with E-state index in [1.165, 1.54) is 5.56 Å². The Morgan fingerprint density at radius 2 is 1.64 bits per heavy atom. The Labute approximate surface area is 84.6 Å². The van der Waals surface area contributed by atoms with E-state index in [1.54, 1.807) is 14.2 Å². The third kappa shape index (κ3) is 3.36. The molecule has 0 aliphatic heterocycles. The number of rotatable bonds is 5. The molecule has 14 heavy (non-hydrogen) atoms. The average Bonchev–Trinajstić information content (AvgIpc) is 2.22. The van der Waals surface area contributed by atoms with Gasteiger partial charge >= 0.3 is 0 Å². The van der Waals surface area contributed by atoms with E-state index < -0.39 is 0 Å². The molecule has 0 radical (unpaired) electrons. The van der Waals surface area contributed by atoms with Crippen LogP contribution in [0.15, 0.2) is 24.3 Å². The second-order valence-electron chi connectivity index (χ2n) is 3.03. The van der Waals surface area contributed by atoms with E-state index in [1.807, 2.05) is 31.2 Å². The number of methoxy groups -OCH3 is 2. The van der Waals surface area contributed by atoms with Crippen molar-refractivity contribution in [1.29, 1.82) is 0 Å². The molecule has 3 nitrogen and oxygen atoms in total. The number of hydrogen-bond donors (Lipinski definition) is 0. The molecule has 0 aliphatic carbocycles. The number of benzene rings is 1. The Bertz CT molecular complexity index is 252. The van der Waals surface area contributed by atoms with E-state index in [4.69, 9.17) is 14.2 Å². The van der Waals surface area contributed by atoms with Gasteiger partial charge in [-0.25, -0.2) is 0 Å². The summed E-state index contributed by atoms with van der Waals surface area (Å²) in [5.74, 6) is 0.828. The first kappa shape index (κ1) is 11.0. The molecule has 78 valence electrons. The second-order valence-corrected chi connectivity index (χ2v) is 3.03. The van der Waals surface area contributed by atoms with Crippen LogP contribution in [0.2, 0.25) is 0 Å². The van der Waals surface area contributed by atoms with Crippen LogP contribution in [0, 0.1) is 6.92 Å². The minimum atomic E-state index is -0.309. The molecule has 0 saturated carbocycles. The monoisotopic (exact) mass is 196 g/mol. The smallest absolute Gasteiger partial charge is 0.191 e. The lowest BCUT2D eigenvalue weighted by atomic mass is 10.2. The molecule has 0 amide bonds. The summed E-state index contributed by atoms with van der Waals surface area (Å²) >= 11 is 0. The van der Waals surface area contributed by atoms with E-state index in [2.05, 4.69) is 0 Å². The molecule has 0 heterocycles. The lowest BCUT2D eigenvalue weighted by Gasteiger charge is -2.14. The third-order valence-corrected chi connectivity index (χ3v) is 1.93. The van der Waals surface area contributed by atoms with Crippen LogP contribution in [0.5, 0.6) is 5.75 Å². The van der Waals surface area contributed by atoms with E-state index in [0.29, 0.717) is 6.61 Å². The average molecular weight is 196 g/mol. The summed E-state index contributed by atoms with van der Waals surface area (Å²) in [4.78, 5) is 0. The highest BCUT2D eigenvalue weighted by Crippen LogP contribution is 2.11. The zero-order valence-electron chi connectivity index (χ0n) is 8.82. The number of hydrogen-bond acceptors (Lipinski definition) is 3. The minimum Gasteiger partial charge on any atom is -0.488 e. The maximum absolute atomic E-state index is 5.45. The maximum atomic E-state index is 5.45. The van der Waals surface area contributed by atoms with Crippen molar-refractivity contribution in [3.8, 4) is 5.75 Å². The predicted molar refractivity (Wildman–Crippen MR) is 54.5 cm³/mol. The van der Waals surface area contributed by atoms with Crippen molar-refractivity contribution in [1.82, 2.24) is 0 Å². The molecule has 0 unspecified atom stereocenters. The highest BCUT2D eigenvalue weighted by atomic mass is 16.7. The normalized spacial score (nSPS) is 10.6. The Morgan fingerprint density at radius 1 is 1.07 bits per heavy atom. The van der Waals surface area contributed by atoms with E-state index in [-0.39, 0.29) is 6.29 Å². The highest BCUT2D eigenvalue weighted by Gasteiger charge is 2.05. The van der Waals surface area contributed by atoms with E-state index in [0.717, 1.165) is 5.75 Å².